The molecule has 2 aromatic carbocycles. The largest absolute Gasteiger partial charge is 0.493 e. The normalized spacial score (nSPS) is 18.6. The lowest BCUT2D eigenvalue weighted by Crippen LogP contribution is -2.32. The number of nitrogens with two attached hydrogens (primary N) is 1. The van der Waals surface area contributed by atoms with Gasteiger partial charge in [0.25, 0.3) is 0 Å². The summed E-state index contributed by atoms with van der Waals surface area (Å²) in [6.45, 7) is 0.786. The molecule has 0 aliphatic carbocycles. The number of benzene rings is 2. The fraction of sp³-hybridized carbons (Fsp3) is 0.368. The Labute approximate surface area is 126 Å². The first-order valence-corrected chi connectivity index (χ1v) is 7.86. The van der Waals surface area contributed by atoms with Gasteiger partial charge in [0.2, 0.25) is 0 Å². The zero-order valence-electron chi connectivity index (χ0n) is 12.4. The van der Waals surface area contributed by atoms with E-state index in [0.717, 1.165) is 38.0 Å². The molecule has 0 spiro atoms. The van der Waals surface area contributed by atoms with Gasteiger partial charge in [-0.05, 0) is 42.9 Å². The first kappa shape index (κ1) is 14.2. The third-order valence-corrected chi connectivity index (χ3v) is 4.37. The highest BCUT2D eigenvalue weighted by atomic mass is 16.5. The van der Waals surface area contributed by atoms with Crippen molar-refractivity contribution in [1.82, 2.24) is 0 Å². The van der Waals surface area contributed by atoms with Crippen LogP contribution in [0.4, 0.5) is 0 Å². The molecule has 1 aliphatic rings. The molecule has 2 atom stereocenters. The van der Waals surface area contributed by atoms with Crippen LogP contribution in [0, 0.1) is 0 Å². The number of ether oxygens (including phenoxy) is 1. The van der Waals surface area contributed by atoms with E-state index in [1.54, 1.807) is 0 Å². The average Bonchev–Trinajstić information content (AvgIpc) is 2.55. The minimum Gasteiger partial charge on any atom is -0.493 e. The predicted octanol–water partition coefficient (Wildman–Crippen LogP) is 3.90. The molecule has 0 bridgehead atoms. The summed E-state index contributed by atoms with van der Waals surface area (Å²) in [6.07, 6.45) is 4.35. The molecule has 0 saturated heterocycles. The molecule has 2 heteroatoms. The van der Waals surface area contributed by atoms with Crippen molar-refractivity contribution in [3.63, 3.8) is 0 Å². The van der Waals surface area contributed by atoms with Gasteiger partial charge in [0.1, 0.15) is 5.75 Å². The zero-order chi connectivity index (χ0) is 14.5. The molecular weight excluding hydrogens is 258 g/mol. The van der Waals surface area contributed by atoms with Crippen molar-refractivity contribution in [2.75, 3.05) is 6.61 Å². The van der Waals surface area contributed by atoms with E-state index in [2.05, 4.69) is 48.5 Å². The summed E-state index contributed by atoms with van der Waals surface area (Å²) < 4.78 is 5.72. The summed E-state index contributed by atoms with van der Waals surface area (Å²) in [7, 11) is 0. The van der Waals surface area contributed by atoms with E-state index in [4.69, 9.17) is 10.5 Å². The summed E-state index contributed by atoms with van der Waals surface area (Å²) in [5.74, 6) is 1.46. The Morgan fingerprint density at radius 1 is 1.05 bits per heavy atom. The molecule has 3 rings (SSSR count). The highest BCUT2D eigenvalue weighted by Crippen LogP contribution is 2.36. The molecular formula is C19H23NO. The molecule has 2 N–H and O–H groups in total. The molecule has 0 saturated carbocycles. The Kier molecular flexibility index (Phi) is 4.56. The van der Waals surface area contributed by atoms with Crippen molar-refractivity contribution in [2.45, 2.75) is 37.6 Å². The Morgan fingerprint density at radius 2 is 1.81 bits per heavy atom. The second-order valence-electron chi connectivity index (χ2n) is 5.82. The lowest BCUT2D eigenvalue weighted by atomic mass is 9.84. The van der Waals surface area contributed by atoms with Gasteiger partial charge >= 0.3 is 0 Å². The predicted molar refractivity (Wildman–Crippen MR) is 86.7 cm³/mol. The van der Waals surface area contributed by atoms with Crippen LogP contribution >= 0.6 is 0 Å². The topological polar surface area (TPSA) is 35.2 Å². The van der Waals surface area contributed by atoms with Crippen molar-refractivity contribution in [3.8, 4) is 5.75 Å². The number of para-hydroxylation sites is 1. The summed E-state index contributed by atoms with van der Waals surface area (Å²) >= 11 is 0. The highest BCUT2D eigenvalue weighted by molar-refractivity contribution is 5.38. The molecule has 0 amide bonds. The molecule has 0 aromatic heterocycles. The number of hydrogen-bond donors (Lipinski definition) is 1. The minimum atomic E-state index is 0.221. The first-order valence-electron chi connectivity index (χ1n) is 7.86. The van der Waals surface area contributed by atoms with Gasteiger partial charge in [-0.15, -0.1) is 0 Å². The Hall–Kier alpha value is -1.80. The Morgan fingerprint density at radius 3 is 2.67 bits per heavy atom. The van der Waals surface area contributed by atoms with Gasteiger partial charge in [0, 0.05) is 12.0 Å². The van der Waals surface area contributed by atoms with Crippen molar-refractivity contribution in [2.24, 2.45) is 5.73 Å². The minimum absolute atomic E-state index is 0.221. The van der Waals surface area contributed by atoms with Crippen LogP contribution in [-0.2, 0) is 6.42 Å². The second kappa shape index (κ2) is 6.77. The second-order valence-corrected chi connectivity index (χ2v) is 5.82. The lowest BCUT2D eigenvalue weighted by molar-refractivity contribution is 0.252. The molecule has 0 fully saturated rings. The summed E-state index contributed by atoms with van der Waals surface area (Å²) in [5.41, 5.74) is 9.16. The third kappa shape index (κ3) is 3.45. The number of rotatable bonds is 5. The van der Waals surface area contributed by atoms with E-state index < -0.39 is 0 Å². The molecule has 0 radical (unpaired) electrons. The smallest absolute Gasteiger partial charge is 0.122 e. The molecule has 2 unspecified atom stereocenters. The quantitative estimate of drug-likeness (QED) is 0.902. The Bertz CT molecular complexity index is 567. The van der Waals surface area contributed by atoms with Gasteiger partial charge in [-0.3, -0.25) is 0 Å². The summed E-state index contributed by atoms with van der Waals surface area (Å²) in [5, 5.41) is 0. The number of fused-ring (bicyclic) bond motifs is 1. The van der Waals surface area contributed by atoms with Crippen molar-refractivity contribution in [1.29, 1.82) is 0 Å². The van der Waals surface area contributed by atoms with Crippen LogP contribution in [-0.4, -0.2) is 12.6 Å². The van der Waals surface area contributed by atoms with Crippen molar-refractivity contribution >= 4 is 0 Å². The number of aryl methyl sites for hydroxylation is 1. The lowest BCUT2D eigenvalue weighted by Gasteiger charge is -2.30. The van der Waals surface area contributed by atoms with Gasteiger partial charge in [-0.2, -0.15) is 0 Å². The molecule has 1 heterocycles. The van der Waals surface area contributed by atoms with E-state index in [-0.39, 0.29) is 6.04 Å². The maximum atomic E-state index is 6.47. The van der Waals surface area contributed by atoms with Crippen molar-refractivity contribution < 1.29 is 4.74 Å². The van der Waals surface area contributed by atoms with E-state index in [1.165, 1.54) is 11.1 Å². The van der Waals surface area contributed by atoms with E-state index in [1.807, 2.05) is 6.07 Å². The molecule has 110 valence electrons. The van der Waals surface area contributed by atoms with Gasteiger partial charge in [0.15, 0.2) is 0 Å². The summed E-state index contributed by atoms with van der Waals surface area (Å²) in [6, 6.07) is 19.2. The first-order chi connectivity index (χ1) is 10.3. The van der Waals surface area contributed by atoms with Crippen LogP contribution in [0.1, 0.15) is 36.3 Å². The SMILES string of the molecule is NC(CCCc1ccccc1)C1CCOc2ccccc21. The van der Waals surface area contributed by atoms with Crippen molar-refractivity contribution in [3.05, 3.63) is 65.7 Å². The van der Waals surface area contributed by atoms with Crippen LogP contribution < -0.4 is 10.5 Å². The summed E-state index contributed by atoms with van der Waals surface area (Å²) in [4.78, 5) is 0. The molecule has 21 heavy (non-hydrogen) atoms. The maximum Gasteiger partial charge on any atom is 0.122 e. The molecule has 2 aromatic rings. The van der Waals surface area contributed by atoms with Gasteiger partial charge in [-0.25, -0.2) is 0 Å². The van der Waals surface area contributed by atoms with E-state index >= 15 is 0 Å². The standard InChI is InChI=1S/C19H23NO/c20-18(11-6-9-15-7-2-1-3-8-15)16-13-14-21-19-12-5-4-10-17(16)19/h1-5,7-8,10,12,16,18H,6,9,11,13-14,20H2. The molecule has 1 aliphatic heterocycles. The molecule has 2 nitrogen and oxygen atoms in total. The van der Waals surface area contributed by atoms with Crippen LogP contribution in [0.2, 0.25) is 0 Å². The van der Waals surface area contributed by atoms with Crippen LogP contribution in [0.25, 0.3) is 0 Å². The fourth-order valence-electron chi connectivity index (χ4n) is 3.20. The highest BCUT2D eigenvalue weighted by Gasteiger charge is 2.26. The van der Waals surface area contributed by atoms with Crippen LogP contribution in [0.15, 0.2) is 54.6 Å². The van der Waals surface area contributed by atoms with E-state index in [9.17, 15) is 0 Å². The maximum absolute atomic E-state index is 6.47. The fourth-order valence-corrected chi connectivity index (χ4v) is 3.20. The van der Waals surface area contributed by atoms with Gasteiger partial charge in [-0.1, -0.05) is 48.5 Å². The Balaban J connectivity index is 1.58. The van der Waals surface area contributed by atoms with Gasteiger partial charge < -0.3 is 10.5 Å². The van der Waals surface area contributed by atoms with Crippen LogP contribution in [0.5, 0.6) is 5.75 Å². The van der Waals surface area contributed by atoms with Gasteiger partial charge in [0.05, 0.1) is 6.61 Å². The van der Waals surface area contributed by atoms with E-state index in [0.29, 0.717) is 5.92 Å². The average molecular weight is 281 g/mol. The number of hydrogen-bond acceptors (Lipinski definition) is 2. The third-order valence-electron chi connectivity index (χ3n) is 4.37. The van der Waals surface area contributed by atoms with Crippen LogP contribution in [0.3, 0.4) is 0 Å². The monoisotopic (exact) mass is 281 g/mol. The zero-order valence-corrected chi connectivity index (χ0v) is 12.4.